The summed E-state index contributed by atoms with van der Waals surface area (Å²) >= 11 is 5.20. The Morgan fingerprint density at radius 3 is 2.42 bits per heavy atom. The lowest BCUT2D eigenvalue weighted by atomic mass is 10.1. The Morgan fingerprint density at radius 1 is 1.13 bits per heavy atom. The molecule has 1 fully saturated rings. The van der Waals surface area contributed by atoms with Crippen LogP contribution in [0.3, 0.4) is 0 Å². The van der Waals surface area contributed by atoms with Crippen LogP contribution in [0.4, 0.5) is 9.18 Å². The van der Waals surface area contributed by atoms with Gasteiger partial charge >= 0.3 is 6.03 Å². The second-order valence-corrected chi connectivity index (χ2v) is 10.1. The highest BCUT2D eigenvalue weighted by Gasteiger charge is 2.48. The minimum atomic E-state index is -1.83. The number of carbonyl (C=O) groups is 1. The molecule has 0 bridgehead atoms. The molecule has 4 N–H and O–H groups in total. The van der Waals surface area contributed by atoms with Gasteiger partial charge in [-0.3, -0.25) is 4.90 Å². The van der Waals surface area contributed by atoms with Crippen molar-refractivity contribution in [2.24, 2.45) is 0 Å². The van der Waals surface area contributed by atoms with E-state index in [1.807, 2.05) is 0 Å². The number of rotatable bonds is 18. The first-order chi connectivity index (χ1) is 18.5. The third-order valence-corrected chi connectivity index (χ3v) is 6.79. The third-order valence-electron chi connectivity index (χ3n) is 6.55. The first kappa shape index (κ1) is 32.2. The van der Waals surface area contributed by atoms with E-state index in [0.717, 1.165) is 37.0 Å². The molecule has 1 unspecified atom stereocenters. The number of ether oxygens (including phenoxy) is 2. The van der Waals surface area contributed by atoms with Crippen LogP contribution >= 0.6 is 12.2 Å². The van der Waals surface area contributed by atoms with Crippen molar-refractivity contribution < 1.29 is 28.9 Å². The number of nitrogens with one attached hydrogen (secondary N) is 2. The molecule has 2 rings (SSSR count). The van der Waals surface area contributed by atoms with E-state index in [4.69, 9.17) is 26.8 Å². The molecule has 8 nitrogen and oxygen atoms in total. The van der Waals surface area contributed by atoms with Gasteiger partial charge in [-0.2, -0.15) is 0 Å². The van der Waals surface area contributed by atoms with Crippen molar-refractivity contribution in [1.29, 1.82) is 0 Å². The summed E-state index contributed by atoms with van der Waals surface area (Å²) in [6.07, 6.45) is 19.8. The number of urea groups is 1. The number of aliphatic hydroxyl groups excluding tert-OH is 2. The van der Waals surface area contributed by atoms with Gasteiger partial charge in [0.05, 0.1) is 13.2 Å². The van der Waals surface area contributed by atoms with E-state index in [1.165, 1.54) is 51.1 Å². The molecule has 5 atom stereocenters. The Labute approximate surface area is 232 Å². The van der Waals surface area contributed by atoms with Gasteiger partial charge in [0.15, 0.2) is 12.4 Å². The maximum absolute atomic E-state index is 14.3. The Morgan fingerprint density at radius 2 is 1.79 bits per heavy atom. The number of carbonyl (C=O) groups excluding carboxylic acids is 1. The first-order valence-electron chi connectivity index (χ1n) is 14.1. The summed E-state index contributed by atoms with van der Waals surface area (Å²) in [5.41, 5.74) is 0. The number of hydrogen-bond acceptors (Lipinski definition) is 6. The van der Waals surface area contributed by atoms with Crippen molar-refractivity contribution in [3.8, 4) is 0 Å². The highest BCUT2D eigenvalue weighted by molar-refractivity contribution is 7.80. The van der Waals surface area contributed by atoms with Gasteiger partial charge in [-0.25, -0.2) is 9.18 Å². The Kier molecular flexibility index (Phi) is 16.2. The van der Waals surface area contributed by atoms with Crippen LogP contribution in [0.2, 0.25) is 0 Å². The van der Waals surface area contributed by atoms with Gasteiger partial charge in [-0.05, 0) is 56.8 Å². The molecule has 0 aromatic rings. The number of allylic oxidation sites excluding steroid dienone is 4. The number of halogens is 1. The Hall–Kier alpha value is -2.01. The van der Waals surface area contributed by atoms with Gasteiger partial charge < -0.3 is 30.3 Å². The van der Waals surface area contributed by atoms with E-state index in [0.29, 0.717) is 6.61 Å². The monoisotopic (exact) mass is 555 g/mol. The predicted octanol–water partition coefficient (Wildman–Crippen LogP) is 4.97. The van der Waals surface area contributed by atoms with Crippen LogP contribution in [0.15, 0.2) is 36.6 Å². The van der Waals surface area contributed by atoms with Gasteiger partial charge in [-0.15, -0.1) is 0 Å². The maximum atomic E-state index is 14.3. The fourth-order valence-corrected chi connectivity index (χ4v) is 4.50. The molecule has 2 heterocycles. The predicted molar refractivity (Wildman–Crippen MR) is 151 cm³/mol. The quantitative estimate of drug-likeness (QED) is 0.108. The largest absolute Gasteiger partial charge is 0.471 e. The standard InChI is InChI=1S/C28H46FN3O5S/c1-2-3-4-5-6-7-8-9-10-11-12-13-14-15-16-17-20-36-28(38)31-23-18-19-32(27(35)30-23)26-24(29)25(34)22(21-33)37-26/h6-7,9-10,18-19,22-26,33-34H,2-5,8,11-17,20-21H2,1H3,(H,30,35)(H,31,38)/b7-6-,10-9-/t22-,23?,24+,25-,26-/m1/s1. The molecule has 2 aliphatic rings. The normalized spacial score (nSPS) is 25.4. The van der Waals surface area contributed by atoms with E-state index < -0.39 is 43.4 Å². The van der Waals surface area contributed by atoms with Crippen LogP contribution in [-0.4, -0.2) is 70.3 Å². The molecule has 38 heavy (non-hydrogen) atoms. The van der Waals surface area contributed by atoms with Crippen molar-refractivity contribution in [3.05, 3.63) is 36.6 Å². The molecule has 0 spiro atoms. The Balaban J connectivity index is 1.47. The average molecular weight is 556 g/mol. The number of nitrogens with zero attached hydrogens (tertiary/aromatic N) is 1. The van der Waals surface area contributed by atoms with Crippen LogP contribution in [0, 0.1) is 0 Å². The summed E-state index contributed by atoms with van der Waals surface area (Å²) in [7, 11) is 0. The van der Waals surface area contributed by atoms with Crippen molar-refractivity contribution in [2.45, 2.75) is 115 Å². The van der Waals surface area contributed by atoms with Crippen molar-refractivity contribution >= 4 is 23.4 Å². The van der Waals surface area contributed by atoms with E-state index >= 15 is 0 Å². The fraction of sp³-hybridized carbons (Fsp3) is 0.714. The van der Waals surface area contributed by atoms with E-state index in [2.05, 4.69) is 41.9 Å². The van der Waals surface area contributed by atoms with Crippen LogP contribution in [0.5, 0.6) is 0 Å². The molecule has 10 heteroatoms. The Bertz CT molecular complexity index is 782. The summed E-state index contributed by atoms with van der Waals surface area (Å²) < 4.78 is 25.1. The average Bonchev–Trinajstić information content (AvgIpc) is 3.19. The molecule has 0 radical (unpaired) electrons. The molecular formula is C28H46FN3O5S. The number of amides is 2. The van der Waals surface area contributed by atoms with E-state index in [1.54, 1.807) is 6.08 Å². The van der Waals surface area contributed by atoms with Gasteiger partial charge in [0, 0.05) is 6.20 Å². The summed E-state index contributed by atoms with van der Waals surface area (Å²) in [6.45, 7) is 2.19. The molecule has 2 aliphatic heterocycles. The topological polar surface area (TPSA) is 103 Å². The highest BCUT2D eigenvalue weighted by atomic mass is 32.1. The molecule has 0 aromatic heterocycles. The zero-order chi connectivity index (χ0) is 27.6. The SMILES string of the molecule is CCCCC/C=C\C/C=C\CCCCCCCCOC(=S)NC1C=CN([C@@H]2O[C@H](CO)[C@@H](O)[C@@H]2F)C(=O)N1. The number of thiocarbonyl (C=S) groups is 1. The molecule has 1 saturated heterocycles. The lowest BCUT2D eigenvalue weighted by Gasteiger charge is -2.32. The van der Waals surface area contributed by atoms with Crippen LogP contribution < -0.4 is 10.6 Å². The summed E-state index contributed by atoms with van der Waals surface area (Å²) in [6, 6.07) is -0.614. The van der Waals surface area contributed by atoms with Crippen molar-refractivity contribution in [3.63, 3.8) is 0 Å². The highest BCUT2D eigenvalue weighted by Crippen LogP contribution is 2.27. The zero-order valence-corrected chi connectivity index (χ0v) is 23.4. The second kappa shape index (κ2) is 19.1. The summed E-state index contributed by atoms with van der Waals surface area (Å²) in [5.74, 6) is 0. The number of hydrogen-bond donors (Lipinski definition) is 4. The molecule has 0 aliphatic carbocycles. The van der Waals surface area contributed by atoms with Crippen molar-refractivity contribution in [1.82, 2.24) is 15.5 Å². The fourth-order valence-electron chi connectivity index (χ4n) is 4.29. The van der Waals surface area contributed by atoms with Crippen LogP contribution in [0.1, 0.15) is 84.0 Å². The van der Waals surface area contributed by atoms with Gasteiger partial charge in [-0.1, -0.05) is 69.8 Å². The lowest BCUT2D eigenvalue weighted by molar-refractivity contribution is -0.0589. The number of unbranched alkanes of at least 4 members (excludes halogenated alkanes) is 9. The van der Waals surface area contributed by atoms with Crippen molar-refractivity contribution in [2.75, 3.05) is 13.2 Å². The van der Waals surface area contributed by atoms with Crippen LogP contribution in [-0.2, 0) is 9.47 Å². The first-order valence-corrected chi connectivity index (χ1v) is 14.5. The summed E-state index contributed by atoms with van der Waals surface area (Å²) in [5, 5.41) is 24.6. The van der Waals surface area contributed by atoms with Gasteiger partial charge in [0.1, 0.15) is 18.4 Å². The van der Waals surface area contributed by atoms with E-state index in [9.17, 15) is 14.3 Å². The summed E-state index contributed by atoms with van der Waals surface area (Å²) in [4.78, 5) is 13.4. The minimum absolute atomic E-state index is 0.173. The number of aliphatic hydroxyl groups is 2. The smallest absolute Gasteiger partial charge is 0.325 e. The maximum Gasteiger partial charge on any atom is 0.325 e. The molecule has 2 amide bonds. The molecule has 0 saturated carbocycles. The molecular weight excluding hydrogens is 509 g/mol. The third kappa shape index (κ3) is 11.8. The molecule has 0 aromatic carbocycles. The van der Waals surface area contributed by atoms with Gasteiger partial charge in [0.25, 0.3) is 5.17 Å². The number of alkyl halides is 1. The van der Waals surface area contributed by atoms with Gasteiger partial charge in [0.2, 0.25) is 0 Å². The zero-order valence-electron chi connectivity index (χ0n) is 22.6. The second-order valence-electron chi connectivity index (χ2n) is 9.72. The van der Waals surface area contributed by atoms with E-state index in [-0.39, 0.29) is 5.17 Å². The van der Waals surface area contributed by atoms with Crippen LogP contribution in [0.25, 0.3) is 0 Å². The molecule has 216 valence electrons. The lowest BCUT2D eigenvalue weighted by Crippen LogP contribution is -2.56. The minimum Gasteiger partial charge on any atom is -0.471 e.